The first-order chi connectivity index (χ1) is 7.49. The van der Waals surface area contributed by atoms with Crippen molar-refractivity contribution in [3.05, 3.63) is 46.9 Å². The van der Waals surface area contributed by atoms with Crippen molar-refractivity contribution in [1.82, 2.24) is 0 Å². The lowest BCUT2D eigenvalue weighted by molar-refractivity contribution is -0.384. The van der Waals surface area contributed by atoms with E-state index in [9.17, 15) is 14.9 Å². The number of hydrogen-bond acceptors (Lipinski definition) is 4. The van der Waals surface area contributed by atoms with Crippen molar-refractivity contribution in [3.8, 4) is 0 Å². The smallest absolute Gasteiger partial charge is 0.450 e. The van der Waals surface area contributed by atoms with Gasteiger partial charge in [-0.1, -0.05) is 12.1 Å². The number of nitro groups is 1. The van der Waals surface area contributed by atoms with Gasteiger partial charge in [0.15, 0.2) is 0 Å². The lowest BCUT2D eigenvalue weighted by atomic mass is 10.1. The molecule has 0 fully saturated rings. The van der Waals surface area contributed by atoms with Gasteiger partial charge >= 0.3 is 6.16 Å². The summed E-state index contributed by atoms with van der Waals surface area (Å²) >= 11 is 0. The van der Waals surface area contributed by atoms with E-state index in [1.54, 1.807) is 12.1 Å². The molecule has 0 saturated heterocycles. The Morgan fingerprint density at radius 2 is 2.06 bits per heavy atom. The van der Waals surface area contributed by atoms with Crippen molar-refractivity contribution in [1.29, 1.82) is 0 Å². The second-order valence-electron chi connectivity index (χ2n) is 3.13. The van der Waals surface area contributed by atoms with Gasteiger partial charge in [0.1, 0.15) is 6.10 Å². The van der Waals surface area contributed by atoms with Crippen LogP contribution in [-0.2, 0) is 11.2 Å². The van der Waals surface area contributed by atoms with E-state index in [-0.39, 0.29) is 12.1 Å². The highest BCUT2D eigenvalue weighted by Gasteiger charge is 2.10. The molecule has 1 rings (SSSR count). The van der Waals surface area contributed by atoms with Crippen LogP contribution in [0.3, 0.4) is 0 Å². The van der Waals surface area contributed by atoms with Crippen molar-refractivity contribution in [3.63, 3.8) is 0 Å². The molecule has 1 atom stereocenters. The fraction of sp³-hybridized carbons (Fsp3) is 0.200. The van der Waals surface area contributed by atoms with E-state index in [0.29, 0.717) is 0 Å². The molecule has 0 aliphatic carbocycles. The Balaban J connectivity index is 2.61. The van der Waals surface area contributed by atoms with Gasteiger partial charge in [0.25, 0.3) is 5.69 Å². The Labute approximate surface area is 91.6 Å². The molecule has 0 aliphatic rings. The number of nitrogens with zero attached hydrogens (tertiary/aromatic N) is 1. The van der Waals surface area contributed by atoms with E-state index in [2.05, 4.69) is 11.7 Å². The van der Waals surface area contributed by atoms with Crippen LogP contribution >= 0.6 is 0 Å². The van der Waals surface area contributed by atoms with E-state index >= 15 is 0 Å². The van der Waals surface area contributed by atoms with Gasteiger partial charge in [-0.25, -0.2) is 4.79 Å². The highest BCUT2D eigenvalue weighted by Crippen LogP contribution is 2.13. The van der Waals surface area contributed by atoms with Gasteiger partial charge in [-0.3, -0.25) is 10.1 Å². The highest BCUT2D eigenvalue weighted by molar-refractivity contribution is 5.57. The molecule has 16 heavy (non-hydrogen) atoms. The van der Waals surface area contributed by atoms with E-state index in [1.807, 2.05) is 0 Å². The number of nitro benzene ring substituents is 1. The second-order valence-corrected chi connectivity index (χ2v) is 3.13. The Morgan fingerprint density at radius 1 is 1.50 bits per heavy atom. The molecule has 1 aromatic carbocycles. The van der Waals surface area contributed by atoms with Crippen molar-refractivity contribution in [2.24, 2.45) is 0 Å². The third-order valence-electron chi connectivity index (χ3n) is 1.88. The zero-order chi connectivity index (χ0) is 12.1. The summed E-state index contributed by atoms with van der Waals surface area (Å²) in [6.45, 7) is 3.49. The first-order valence-corrected chi connectivity index (χ1v) is 4.45. The maximum absolute atomic E-state index is 10.4. The van der Waals surface area contributed by atoms with Gasteiger partial charge in [-0.15, -0.1) is 0 Å². The molecule has 1 radical (unpaired) electrons. The van der Waals surface area contributed by atoms with Crippen LogP contribution in [0.1, 0.15) is 5.56 Å². The van der Waals surface area contributed by atoms with Crippen LogP contribution in [0.25, 0.3) is 0 Å². The molecule has 1 N–H and O–H groups in total. The first kappa shape index (κ1) is 12.0. The molecule has 0 bridgehead atoms. The molecule has 85 valence electrons. The van der Waals surface area contributed by atoms with Crippen LogP contribution < -0.4 is 0 Å². The topological polar surface area (TPSA) is 89.7 Å². The molecule has 0 amide bonds. The fourth-order valence-corrected chi connectivity index (χ4v) is 1.20. The molecule has 0 aromatic heterocycles. The Morgan fingerprint density at radius 3 is 2.50 bits per heavy atom. The Kier molecular flexibility index (Phi) is 3.82. The fourth-order valence-electron chi connectivity index (χ4n) is 1.20. The molecule has 6 nitrogen and oxygen atoms in total. The maximum atomic E-state index is 10.4. The third-order valence-corrected chi connectivity index (χ3v) is 1.88. The van der Waals surface area contributed by atoms with Crippen molar-refractivity contribution in [2.75, 3.05) is 0 Å². The van der Waals surface area contributed by atoms with E-state index in [4.69, 9.17) is 5.11 Å². The molecule has 0 spiro atoms. The van der Waals surface area contributed by atoms with Crippen LogP contribution in [0, 0.1) is 17.0 Å². The lowest BCUT2D eigenvalue weighted by Gasteiger charge is -2.09. The zero-order valence-electron chi connectivity index (χ0n) is 8.33. The van der Waals surface area contributed by atoms with Crippen LogP contribution in [0.5, 0.6) is 0 Å². The zero-order valence-corrected chi connectivity index (χ0v) is 8.33. The molecule has 0 aliphatic heterocycles. The Hall–Kier alpha value is -2.11. The maximum Gasteiger partial charge on any atom is 0.506 e. The SMILES string of the molecule is [CH2]C(Cc1ccc([N+](=O)[O-])cc1)OC(=O)O. The van der Waals surface area contributed by atoms with Crippen LogP contribution in [0.2, 0.25) is 0 Å². The van der Waals surface area contributed by atoms with Gasteiger partial charge in [-0.05, 0) is 12.5 Å². The largest absolute Gasteiger partial charge is 0.506 e. The third kappa shape index (κ3) is 3.56. The summed E-state index contributed by atoms with van der Waals surface area (Å²) in [7, 11) is 0. The van der Waals surface area contributed by atoms with Gasteiger partial charge in [0.05, 0.1) is 4.92 Å². The quantitative estimate of drug-likeness (QED) is 0.480. The predicted molar refractivity (Wildman–Crippen MR) is 55.1 cm³/mol. The van der Waals surface area contributed by atoms with Crippen LogP contribution in [0.15, 0.2) is 24.3 Å². The molecular weight excluding hydrogens is 214 g/mol. The molecule has 0 heterocycles. The van der Waals surface area contributed by atoms with Gasteiger partial charge in [-0.2, -0.15) is 0 Å². The first-order valence-electron chi connectivity index (χ1n) is 4.45. The van der Waals surface area contributed by atoms with E-state index < -0.39 is 17.2 Å². The van der Waals surface area contributed by atoms with Crippen LogP contribution in [-0.4, -0.2) is 22.3 Å². The minimum absolute atomic E-state index is 0.0106. The summed E-state index contributed by atoms with van der Waals surface area (Å²) in [6, 6.07) is 5.79. The number of hydrogen-bond donors (Lipinski definition) is 1. The number of benzene rings is 1. The summed E-state index contributed by atoms with van der Waals surface area (Å²) in [5.41, 5.74) is 0.718. The summed E-state index contributed by atoms with van der Waals surface area (Å²) in [5, 5.41) is 18.7. The minimum atomic E-state index is -1.39. The Bertz CT molecular complexity index is 387. The van der Waals surface area contributed by atoms with Gasteiger partial charge in [0, 0.05) is 18.6 Å². The highest BCUT2D eigenvalue weighted by atomic mass is 16.7. The number of ether oxygens (including phenoxy) is 1. The average molecular weight is 224 g/mol. The summed E-state index contributed by atoms with van der Waals surface area (Å²) in [6.07, 6.45) is -1.83. The van der Waals surface area contributed by atoms with Crippen molar-refractivity contribution >= 4 is 11.8 Å². The standard InChI is InChI=1S/C10H10NO5/c1-7(16-10(12)13)6-8-2-4-9(5-3-8)11(14)15/h2-5,7H,1,6H2,(H,12,13). The van der Waals surface area contributed by atoms with Gasteiger partial charge < -0.3 is 9.84 Å². The summed E-state index contributed by atoms with van der Waals surface area (Å²) in [5.74, 6) is 0. The second kappa shape index (κ2) is 5.11. The van der Waals surface area contributed by atoms with E-state index in [0.717, 1.165) is 5.56 Å². The average Bonchev–Trinajstić information content (AvgIpc) is 2.16. The number of non-ortho nitro benzene ring substituents is 1. The van der Waals surface area contributed by atoms with Gasteiger partial charge in [0.2, 0.25) is 0 Å². The van der Waals surface area contributed by atoms with Crippen LogP contribution in [0.4, 0.5) is 10.5 Å². The van der Waals surface area contributed by atoms with Crippen molar-refractivity contribution in [2.45, 2.75) is 12.5 Å². The number of carboxylic acid groups (broad SMARTS) is 1. The molecular formula is C10H10NO5. The molecule has 0 saturated carbocycles. The molecule has 1 unspecified atom stereocenters. The number of rotatable bonds is 4. The monoisotopic (exact) mass is 224 g/mol. The van der Waals surface area contributed by atoms with Crippen molar-refractivity contribution < 1.29 is 19.6 Å². The number of carbonyl (C=O) groups is 1. The molecule has 1 aromatic rings. The van der Waals surface area contributed by atoms with E-state index in [1.165, 1.54) is 12.1 Å². The summed E-state index contributed by atoms with van der Waals surface area (Å²) < 4.78 is 4.40. The predicted octanol–water partition coefficient (Wildman–Crippen LogP) is 2.03. The summed E-state index contributed by atoms with van der Waals surface area (Å²) in [4.78, 5) is 20.1. The normalized spacial score (nSPS) is 11.8. The lowest BCUT2D eigenvalue weighted by Crippen LogP contribution is -2.15. The molecule has 6 heteroatoms. The minimum Gasteiger partial charge on any atom is -0.450 e.